The molecule has 4 aliphatic rings. The van der Waals surface area contributed by atoms with Crippen molar-refractivity contribution in [2.45, 2.75) is 116 Å². The van der Waals surface area contributed by atoms with Gasteiger partial charge in [0.15, 0.2) is 0 Å². The maximum Gasteiger partial charge on any atom is 0.255 e. The fraction of sp³-hybridized carbons (Fsp3) is 0.567. The van der Waals surface area contributed by atoms with Crippen molar-refractivity contribution in [3.63, 3.8) is 0 Å². The number of carbonyl (C=O) groups is 4. The molecule has 2 aliphatic carbocycles. The number of hydrogen-bond donors (Lipinski definition) is 4. The number of hydrogen-bond acceptors (Lipinski definition) is 10. The number of amides is 4. The third kappa shape index (κ3) is 12.6. The number of carbonyl (C=O) groups excluding carboxylic acids is 4. The summed E-state index contributed by atoms with van der Waals surface area (Å²) in [5.41, 5.74) is -1.18. The predicted molar refractivity (Wildman–Crippen MR) is 293 cm³/mol. The molecule has 412 valence electrons. The zero-order valence-electron chi connectivity index (χ0n) is 46.0. The van der Waals surface area contributed by atoms with Crippen LogP contribution >= 0.6 is 0 Å². The van der Waals surface area contributed by atoms with Gasteiger partial charge in [-0.25, -0.2) is 0 Å². The van der Waals surface area contributed by atoms with Gasteiger partial charge < -0.3 is 49.2 Å². The molecule has 4 fully saturated rings. The lowest BCUT2D eigenvalue weighted by Crippen LogP contribution is -2.61. The number of rotatable bonds is 16. The van der Waals surface area contributed by atoms with Gasteiger partial charge in [0.2, 0.25) is 11.8 Å². The number of pyridine rings is 2. The zero-order chi connectivity index (χ0) is 55.3. The van der Waals surface area contributed by atoms with E-state index in [0.29, 0.717) is 73.1 Å². The number of aliphatic hydroxyl groups is 4. The van der Waals surface area contributed by atoms with Crippen LogP contribution in [0.4, 0.5) is 0 Å². The normalized spacial score (nSPS) is 22.0. The molecular formula is C60H82N6O10. The number of aliphatic hydroxyl groups excluding tert-OH is 2. The smallest absolute Gasteiger partial charge is 0.255 e. The first-order valence-corrected chi connectivity index (χ1v) is 27.2. The fourth-order valence-corrected chi connectivity index (χ4v) is 11.5. The zero-order valence-corrected chi connectivity index (χ0v) is 46.0. The Morgan fingerprint density at radius 1 is 0.579 bits per heavy atom. The molecule has 2 aromatic heterocycles. The van der Waals surface area contributed by atoms with Gasteiger partial charge in [-0.3, -0.25) is 28.8 Å². The van der Waals surface area contributed by atoms with Crippen molar-refractivity contribution in [3.8, 4) is 22.3 Å². The summed E-state index contributed by atoms with van der Waals surface area (Å²) < 4.78 is 2.85. The number of likely N-dealkylation sites (tertiary alicyclic amines) is 2. The number of nitrogens with zero attached hydrogens (tertiary/aromatic N) is 6. The van der Waals surface area contributed by atoms with Crippen LogP contribution in [0.3, 0.4) is 0 Å². The van der Waals surface area contributed by atoms with Crippen molar-refractivity contribution in [3.05, 3.63) is 117 Å². The lowest BCUT2D eigenvalue weighted by molar-refractivity contribution is -0.159. The average Bonchev–Trinajstić information content (AvgIpc) is 3.36. The van der Waals surface area contributed by atoms with Crippen molar-refractivity contribution in [1.82, 2.24) is 28.7 Å². The number of benzene rings is 2. The van der Waals surface area contributed by atoms with E-state index in [9.17, 15) is 49.2 Å². The van der Waals surface area contributed by atoms with Gasteiger partial charge in [-0.05, 0) is 48.6 Å². The summed E-state index contributed by atoms with van der Waals surface area (Å²) in [6.07, 6.45) is 12.0. The van der Waals surface area contributed by atoms with Crippen LogP contribution in [0.1, 0.15) is 113 Å². The van der Waals surface area contributed by atoms with E-state index in [4.69, 9.17) is 0 Å². The Morgan fingerprint density at radius 2 is 0.921 bits per heavy atom. The van der Waals surface area contributed by atoms with Gasteiger partial charge >= 0.3 is 0 Å². The second-order valence-corrected chi connectivity index (χ2v) is 23.9. The Morgan fingerprint density at radius 3 is 1.20 bits per heavy atom. The molecule has 8 rings (SSSR count). The molecule has 2 aromatic carbocycles. The molecule has 4 amide bonds. The molecule has 2 aliphatic heterocycles. The number of piperidine rings is 2. The van der Waals surface area contributed by atoms with Gasteiger partial charge in [-0.2, -0.15) is 0 Å². The molecule has 0 spiro atoms. The summed E-state index contributed by atoms with van der Waals surface area (Å²) in [5.74, 6) is -0.372. The first-order chi connectivity index (χ1) is 35.9. The van der Waals surface area contributed by atoms with Crippen LogP contribution in [0.5, 0.6) is 0 Å². The van der Waals surface area contributed by atoms with Gasteiger partial charge in [0.1, 0.15) is 0 Å². The summed E-state index contributed by atoms with van der Waals surface area (Å²) in [6, 6.07) is 21.6. The number of aromatic nitrogens is 2. The van der Waals surface area contributed by atoms with Crippen molar-refractivity contribution in [2.24, 2.45) is 34.5 Å². The second kappa shape index (κ2) is 23.7. The van der Waals surface area contributed by atoms with Gasteiger partial charge in [0, 0.05) is 101 Å². The highest BCUT2D eigenvalue weighted by atomic mass is 16.3. The highest BCUT2D eigenvalue weighted by molar-refractivity contribution is 6.01. The Bertz CT molecular complexity index is 2630. The van der Waals surface area contributed by atoms with Gasteiger partial charge in [0.05, 0.1) is 60.5 Å². The molecule has 16 heteroatoms. The van der Waals surface area contributed by atoms with E-state index in [1.165, 1.54) is 43.9 Å². The van der Waals surface area contributed by atoms with E-state index < -0.39 is 33.9 Å². The summed E-state index contributed by atoms with van der Waals surface area (Å²) in [7, 11) is 6.67. The van der Waals surface area contributed by atoms with Crippen molar-refractivity contribution in [1.29, 1.82) is 0 Å². The largest absolute Gasteiger partial charge is 0.396 e. The standard InChI is InChI=1S/2C30H41N3O5/c2*1-29(2)19-32(27(36)23(18-34)15-21-9-8-10-21)14-13-30(29,38)20-33-17-25(28(37)31(3)4)24(16-26(33)35)22-11-6-5-7-12-22/h2*5-7,11-12,16-17,21,23,34,38H,8-10,13-15,18-20H2,1-4H3/t23-,30+;23-,30-/m00/s1. The molecule has 4 N–H and O–H groups in total. The van der Waals surface area contributed by atoms with E-state index in [0.717, 1.165) is 36.8 Å². The van der Waals surface area contributed by atoms with E-state index in [2.05, 4.69) is 0 Å². The van der Waals surface area contributed by atoms with Gasteiger partial charge in [-0.1, -0.05) is 127 Å². The third-order valence-electron chi connectivity index (χ3n) is 17.3. The van der Waals surface area contributed by atoms with E-state index in [1.54, 1.807) is 50.4 Å². The minimum Gasteiger partial charge on any atom is -0.396 e. The molecule has 76 heavy (non-hydrogen) atoms. The quantitative estimate of drug-likeness (QED) is 0.103. The van der Waals surface area contributed by atoms with Crippen molar-refractivity contribution in [2.75, 3.05) is 67.6 Å². The first-order valence-electron chi connectivity index (χ1n) is 27.2. The molecule has 2 saturated carbocycles. The third-order valence-corrected chi connectivity index (χ3v) is 17.3. The Hall–Kier alpha value is -5.94. The SMILES string of the molecule is CN(C)C(=O)c1cn(C[C@@]2(O)CCN(C(=O)[C@H](CO)CC3CCC3)CC2(C)C)c(=O)cc1-c1ccccc1.CN(C)C(=O)c1cn(C[C@]2(O)CCN(C(=O)[C@H](CO)CC3CCC3)CC2(C)C)c(=O)cc1-c1ccccc1. The van der Waals surface area contributed by atoms with Crippen molar-refractivity contribution < 1.29 is 39.6 Å². The molecule has 0 radical (unpaired) electrons. The second-order valence-electron chi connectivity index (χ2n) is 23.9. The van der Waals surface area contributed by atoms with Crippen LogP contribution in [-0.2, 0) is 22.7 Å². The van der Waals surface area contributed by atoms with Crippen LogP contribution in [0.25, 0.3) is 22.3 Å². The fourth-order valence-electron chi connectivity index (χ4n) is 11.5. The Kier molecular flexibility index (Phi) is 18.0. The molecule has 4 atom stereocenters. The van der Waals surface area contributed by atoms with Gasteiger partial charge in [0.25, 0.3) is 22.9 Å². The maximum atomic E-state index is 13.3. The Balaban J connectivity index is 0.000000221. The van der Waals surface area contributed by atoms with E-state index in [1.807, 2.05) is 88.4 Å². The molecular weight excluding hydrogens is 965 g/mol. The predicted octanol–water partition coefficient (Wildman–Crippen LogP) is 6.01. The van der Waals surface area contributed by atoms with E-state index in [-0.39, 0.29) is 73.9 Å². The lowest BCUT2D eigenvalue weighted by atomic mass is 9.69. The monoisotopic (exact) mass is 1050 g/mol. The average molecular weight is 1050 g/mol. The molecule has 0 bridgehead atoms. The summed E-state index contributed by atoms with van der Waals surface area (Å²) in [5, 5.41) is 43.5. The van der Waals surface area contributed by atoms with Crippen LogP contribution < -0.4 is 11.1 Å². The molecule has 0 unspecified atom stereocenters. The Labute approximate surface area is 447 Å². The maximum absolute atomic E-state index is 13.3. The summed E-state index contributed by atoms with van der Waals surface area (Å²) >= 11 is 0. The van der Waals surface area contributed by atoms with Crippen LogP contribution in [0.2, 0.25) is 0 Å². The molecule has 16 nitrogen and oxygen atoms in total. The van der Waals surface area contributed by atoms with Crippen LogP contribution in [0, 0.1) is 34.5 Å². The molecule has 2 saturated heterocycles. The highest BCUT2D eigenvalue weighted by Gasteiger charge is 2.51. The van der Waals surface area contributed by atoms with Crippen LogP contribution in [0.15, 0.2) is 94.8 Å². The van der Waals surface area contributed by atoms with Gasteiger partial charge in [-0.15, -0.1) is 0 Å². The topological polar surface area (TPSA) is 206 Å². The molecule has 4 heterocycles. The minimum atomic E-state index is -1.27. The first kappa shape index (κ1) is 57.8. The van der Waals surface area contributed by atoms with E-state index >= 15 is 0 Å². The summed E-state index contributed by atoms with van der Waals surface area (Å²) in [4.78, 5) is 85.7. The van der Waals surface area contributed by atoms with Crippen molar-refractivity contribution >= 4 is 23.6 Å². The highest BCUT2D eigenvalue weighted by Crippen LogP contribution is 2.43. The van der Waals surface area contributed by atoms with Crippen LogP contribution in [-0.4, -0.2) is 152 Å². The molecule has 4 aromatic rings. The lowest BCUT2D eigenvalue weighted by Gasteiger charge is -2.51. The summed E-state index contributed by atoms with van der Waals surface area (Å²) in [6.45, 7) is 8.65. The minimum absolute atomic E-state index is 0.00907.